The van der Waals surface area contributed by atoms with Crippen LogP contribution in [0.5, 0.6) is 0 Å². The molecule has 6 heteroatoms. The third kappa shape index (κ3) is 3.40. The molecule has 0 saturated heterocycles. The average molecular weight is 371 g/mol. The molecule has 136 valence electrons. The SMILES string of the molecule is CCN(CC)c1ccc(NC(=O)c2c(C)nc3cc(Cl)ccn23)c(C)c1. The van der Waals surface area contributed by atoms with E-state index >= 15 is 0 Å². The number of benzene rings is 1. The van der Waals surface area contributed by atoms with Crippen molar-refractivity contribution in [1.82, 2.24) is 9.38 Å². The first-order valence-electron chi connectivity index (χ1n) is 8.75. The zero-order valence-corrected chi connectivity index (χ0v) is 16.3. The summed E-state index contributed by atoms with van der Waals surface area (Å²) in [5.41, 5.74) is 4.83. The minimum atomic E-state index is -0.184. The van der Waals surface area contributed by atoms with Crippen LogP contribution >= 0.6 is 11.6 Å². The van der Waals surface area contributed by atoms with Crippen LogP contribution in [0.3, 0.4) is 0 Å². The van der Waals surface area contributed by atoms with Gasteiger partial charge >= 0.3 is 0 Å². The van der Waals surface area contributed by atoms with Crippen LogP contribution in [-0.4, -0.2) is 28.4 Å². The van der Waals surface area contributed by atoms with Crippen LogP contribution in [0.25, 0.3) is 5.65 Å². The molecule has 0 radical (unpaired) electrons. The fraction of sp³-hybridized carbons (Fsp3) is 0.300. The summed E-state index contributed by atoms with van der Waals surface area (Å²) in [5, 5.41) is 3.61. The monoisotopic (exact) mass is 370 g/mol. The highest BCUT2D eigenvalue weighted by Crippen LogP contribution is 2.24. The second-order valence-electron chi connectivity index (χ2n) is 6.24. The van der Waals surface area contributed by atoms with E-state index in [0.29, 0.717) is 22.1 Å². The molecule has 0 aliphatic heterocycles. The van der Waals surface area contributed by atoms with Crippen molar-refractivity contribution in [3.8, 4) is 0 Å². The fourth-order valence-corrected chi connectivity index (χ4v) is 3.32. The van der Waals surface area contributed by atoms with Gasteiger partial charge in [-0.3, -0.25) is 9.20 Å². The van der Waals surface area contributed by atoms with Crippen LogP contribution in [0, 0.1) is 13.8 Å². The first-order chi connectivity index (χ1) is 12.4. The number of nitrogens with one attached hydrogen (secondary N) is 1. The van der Waals surface area contributed by atoms with Crippen LogP contribution < -0.4 is 10.2 Å². The maximum absolute atomic E-state index is 12.9. The first-order valence-corrected chi connectivity index (χ1v) is 9.13. The number of aryl methyl sites for hydroxylation is 2. The Balaban J connectivity index is 1.90. The number of hydrogen-bond acceptors (Lipinski definition) is 3. The van der Waals surface area contributed by atoms with Crippen molar-refractivity contribution in [3.05, 3.63) is 58.5 Å². The van der Waals surface area contributed by atoms with Crippen LogP contribution in [0.1, 0.15) is 35.6 Å². The first kappa shape index (κ1) is 18.3. The van der Waals surface area contributed by atoms with E-state index < -0.39 is 0 Å². The number of rotatable bonds is 5. The molecule has 0 fully saturated rings. The fourth-order valence-electron chi connectivity index (χ4n) is 3.17. The lowest BCUT2D eigenvalue weighted by atomic mass is 10.1. The van der Waals surface area contributed by atoms with Gasteiger partial charge in [-0.1, -0.05) is 11.6 Å². The molecule has 2 heterocycles. The van der Waals surface area contributed by atoms with Gasteiger partial charge in [-0.05, 0) is 57.5 Å². The van der Waals surface area contributed by atoms with Gasteiger partial charge in [0.25, 0.3) is 5.91 Å². The maximum atomic E-state index is 12.9. The quantitative estimate of drug-likeness (QED) is 0.708. The maximum Gasteiger partial charge on any atom is 0.274 e. The molecule has 5 nitrogen and oxygen atoms in total. The zero-order chi connectivity index (χ0) is 18.8. The summed E-state index contributed by atoms with van der Waals surface area (Å²) in [6.45, 7) is 9.99. The van der Waals surface area contributed by atoms with E-state index in [1.165, 1.54) is 0 Å². The zero-order valence-electron chi connectivity index (χ0n) is 15.5. The number of amides is 1. The highest BCUT2D eigenvalue weighted by Gasteiger charge is 2.18. The van der Waals surface area contributed by atoms with Gasteiger partial charge in [0.15, 0.2) is 0 Å². The third-order valence-corrected chi connectivity index (χ3v) is 4.80. The third-order valence-electron chi connectivity index (χ3n) is 4.56. The molecule has 1 N–H and O–H groups in total. The van der Waals surface area contributed by atoms with Gasteiger partial charge in [-0.15, -0.1) is 0 Å². The van der Waals surface area contributed by atoms with Gasteiger partial charge in [0, 0.05) is 41.8 Å². The van der Waals surface area contributed by atoms with Crippen molar-refractivity contribution >= 4 is 34.5 Å². The Bertz CT molecular complexity index is 960. The van der Waals surface area contributed by atoms with E-state index in [1.54, 1.807) is 22.7 Å². The lowest BCUT2D eigenvalue weighted by Crippen LogP contribution is -2.22. The highest BCUT2D eigenvalue weighted by molar-refractivity contribution is 6.30. The summed E-state index contributed by atoms with van der Waals surface area (Å²) in [4.78, 5) is 19.6. The van der Waals surface area contributed by atoms with Crippen molar-refractivity contribution in [1.29, 1.82) is 0 Å². The Hall–Kier alpha value is -2.53. The Morgan fingerprint density at radius 2 is 1.92 bits per heavy atom. The van der Waals surface area contributed by atoms with E-state index in [4.69, 9.17) is 11.6 Å². The van der Waals surface area contributed by atoms with E-state index in [9.17, 15) is 4.79 Å². The van der Waals surface area contributed by atoms with Crippen molar-refractivity contribution in [2.75, 3.05) is 23.3 Å². The predicted octanol–water partition coefficient (Wildman–Crippen LogP) is 4.70. The van der Waals surface area contributed by atoms with Gasteiger partial charge in [0.05, 0.1) is 5.69 Å². The Morgan fingerprint density at radius 1 is 1.19 bits per heavy atom. The largest absolute Gasteiger partial charge is 0.372 e. The number of imidazole rings is 1. The normalized spacial score (nSPS) is 11.0. The number of carbonyl (C=O) groups is 1. The molecule has 3 rings (SSSR count). The second kappa shape index (κ2) is 7.38. The van der Waals surface area contributed by atoms with E-state index in [0.717, 1.165) is 30.0 Å². The number of aromatic nitrogens is 2. The molecule has 1 aromatic carbocycles. The Kier molecular flexibility index (Phi) is 5.18. The molecule has 0 spiro atoms. The lowest BCUT2D eigenvalue weighted by Gasteiger charge is -2.22. The van der Waals surface area contributed by atoms with Gasteiger partial charge in [-0.25, -0.2) is 4.98 Å². The topological polar surface area (TPSA) is 49.6 Å². The molecule has 0 unspecified atom stereocenters. The number of hydrogen-bond donors (Lipinski definition) is 1. The van der Waals surface area contributed by atoms with Gasteiger partial charge < -0.3 is 10.2 Å². The number of fused-ring (bicyclic) bond motifs is 1. The summed E-state index contributed by atoms with van der Waals surface area (Å²) in [5.74, 6) is -0.184. The molecule has 0 saturated carbocycles. The molecule has 26 heavy (non-hydrogen) atoms. The van der Waals surface area contributed by atoms with Crippen molar-refractivity contribution in [2.45, 2.75) is 27.7 Å². The summed E-state index contributed by atoms with van der Waals surface area (Å²) >= 11 is 6.02. The molecule has 3 aromatic rings. The summed E-state index contributed by atoms with van der Waals surface area (Å²) in [7, 11) is 0. The van der Waals surface area contributed by atoms with Crippen molar-refractivity contribution in [2.24, 2.45) is 0 Å². The number of carbonyl (C=O) groups excluding carboxylic acids is 1. The molecule has 2 aromatic heterocycles. The Labute approximate surface area is 158 Å². The standard InChI is InChI=1S/C20H23ClN4O/c1-5-24(6-2)16-7-8-17(13(3)11-16)23-20(26)19-14(4)22-18-12-15(21)9-10-25(18)19/h7-12H,5-6H2,1-4H3,(H,23,26). The molecule has 0 atom stereocenters. The number of halogens is 1. The van der Waals surface area contributed by atoms with E-state index in [1.807, 2.05) is 26.0 Å². The van der Waals surface area contributed by atoms with Crippen LogP contribution in [0.4, 0.5) is 11.4 Å². The lowest BCUT2D eigenvalue weighted by molar-refractivity contribution is 0.102. The molecular formula is C20H23ClN4O. The van der Waals surface area contributed by atoms with Crippen LogP contribution in [-0.2, 0) is 0 Å². The molecule has 1 amide bonds. The van der Waals surface area contributed by atoms with Crippen LogP contribution in [0.15, 0.2) is 36.5 Å². The molecule has 0 bridgehead atoms. The highest BCUT2D eigenvalue weighted by atomic mass is 35.5. The van der Waals surface area contributed by atoms with Crippen molar-refractivity contribution < 1.29 is 4.79 Å². The predicted molar refractivity (Wildman–Crippen MR) is 108 cm³/mol. The van der Waals surface area contributed by atoms with Gasteiger partial charge in [0.1, 0.15) is 11.3 Å². The second-order valence-corrected chi connectivity index (χ2v) is 6.68. The number of anilines is 2. The Morgan fingerprint density at radius 3 is 2.58 bits per heavy atom. The number of pyridine rings is 1. The molecule has 0 aliphatic rings. The smallest absolute Gasteiger partial charge is 0.274 e. The summed E-state index contributed by atoms with van der Waals surface area (Å²) < 4.78 is 1.76. The summed E-state index contributed by atoms with van der Waals surface area (Å²) in [6, 6.07) is 9.59. The number of nitrogens with zero attached hydrogens (tertiary/aromatic N) is 3. The van der Waals surface area contributed by atoms with Crippen LogP contribution in [0.2, 0.25) is 5.02 Å². The van der Waals surface area contributed by atoms with E-state index in [2.05, 4.69) is 35.1 Å². The van der Waals surface area contributed by atoms with Crippen molar-refractivity contribution in [3.63, 3.8) is 0 Å². The van der Waals surface area contributed by atoms with Gasteiger partial charge in [0.2, 0.25) is 0 Å². The molecular weight excluding hydrogens is 348 g/mol. The van der Waals surface area contributed by atoms with Gasteiger partial charge in [-0.2, -0.15) is 0 Å². The average Bonchev–Trinajstić information content (AvgIpc) is 2.93. The minimum absolute atomic E-state index is 0.184. The molecule has 0 aliphatic carbocycles. The van der Waals surface area contributed by atoms with E-state index in [-0.39, 0.29) is 5.91 Å². The summed E-state index contributed by atoms with van der Waals surface area (Å²) in [6.07, 6.45) is 1.77. The minimum Gasteiger partial charge on any atom is -0.372 e.